The third-order valence-electron chi connectivity index (χ3n) is 2.68. The second-order valence-corrected chi connectivity index (χ2v) is 7.51. The molecule has 0 aliphatic carbocycles. The van der Waals surface area contributed by atoms with E-state index in [0.717, 1.165) is 17.1 Å². The van der Waals surface area contributed by atoms with Gasteiger partial charge in [0, 0.05) is 6.21 Å². The quantitative estimate of drug-likeness (QED) is 0.787. The van der Waals surface area contributed by atoms with Crippen LogP contribution in [0.2, 0.25) is 0 Å². The van der Waals surface area contributed by atoms with Gasteiger partial charge in [-0.15, -0.1) is 0 Å². The summed E-state index contributed by atoms with van der Waals surface area (Å²) in [6.45, 7) is 5.70. The Labute approximate surface area is 128 Å². The first-order chi connectivity index (χ1) is 9.95. The van der Waals surface area contributed by atoms with Crippen molar-refractivity contribution in [3.05, 3.63) is 60.2 Å². The summed E-state index contributed by atoms with van der Waals surface area (Å²) in [6, 6.07) is 17.1. The highest BCUT2D eigenvalue weighted by atomic mass is 32.2. The first-order valence-electron chi connectivity index (χ1n) is 6.74. The van der Waals surface area contributed by atoms with Crippen LogP contribution in [0.4, 0.5) is 0 Å². The number of hydrogen-bond donors (Lipinski definition) is 0. The molecular formula is C17H19NO2S. The first kappa shape index (κ1) is 15.4. The maximum absolute atomic E-state index is 11.8. The van der Waals surface area contributed by atoms with Gasteiger partial charge in [0.25, 0.3) is 0 Å². The lowest BCUT2D eigenvalue weighted by atomic mass is 10.2. The molecule has 0 radical (unpaired) electrons. The van der Waals surface area contributed by atoms with E-state index in [9.17, 15) is 4.21 Å². The molecule has 110 valence electrons. The summed E-state index contributed by atoms with van der Waals surface area (Å²) in [7, 11) is -1.24. The summed E-state index contributed by atoms with van der Waals surface area (Å²) < 4.78 is 21.3. The van der Waals surface area contributed by atoms with Crippen molar-refractivity contribution >= 4 is 17.2 Å². The summed E-state index contributed by atoms with van der Waals surface area (Å²) in [6.07, 6.45) is 1.63. The number of ether oxygens (including phenoxy) is 1. The molecule has 2 rings (SSSR count). The van der Waals surface area contributed by atoms with Gasteiger partial charge in [-0.05, 0) is 62.7 Å². The average molecular weight is 301 g/mol. The van der Waals surface area contributed by atoms with Crippen LogP contribution in [0, 0.1) is 0 Å². The van der Waals surface area contributed by atoms with Crippen molar-refractivity contribution < 1.29 is 8.95 Å². The van der Waals surface area contributed by atoms with E-state index in [4.69, 9.17) is 4.74 Å². The molecule has 21 heavy (non-hydrogen) atoms. The lowest BCUT2D eigenvalue weighted by Crippen LogP contribution is -2.19. The van der Waals surface area contributed by atoms with Crippen LogP contribution < -0.4 is 4.74 Å². The third kappa shape index (κ3) is 4.83. The van der Waals surface area contributed by atoms with E-state index in [1.165, 1.54) is 0 Å². The van der Waals surface area contributed by atoms with Crippen molar-refractivity contribution in [1.29, 1.82) is 0 Å². The van der Waals surface area contributed by atoms with E-state index in [1.54, 1.807) is 6.21 Å². The van der Waals surface area contributed by atoms with Crippen molar-refractivity contribution in [1.82, 2.24) is 0 Å². The van der Waals surface area contributed by atoms with Crippen LogP contribution in [0.25, 0.3) is 0 Å². The zero-order valence-electron chi connectivity index (χ0n) is 12.4. The van der Waals surface area contributed by atoms with Crippen LogP contribution in [-0.2, 0) is 11.0 Å². The Bertz CT molecular complexity index is 628. The fourth-order valence-corrected chi connectivity index (χ4v) is 2.05. The molecule has 2 aromatic carbocycles. The van der Waals surface area contributed by atoms with Crippen molar-refractivity contribution in [2.75, 3.05) is 0 Å². The van der Waals surface area contributed by atoms with Gasteiger partial charge in [-0.3, -0.25) is 0 Å². The highest BCUT2D eigenvalue weighted by Crippen LogP contribution is 2.21. The molecule has 4 heteroatoms. The molecule has 0 aliphatic heterocycles. The van der Waals surface area contributed by atoms with Gasteiger partial charge in [-0.25, -0.2) is 4.21 Å². The third-order valence-corrected chi connectivity index (χ3v) is 4.02. The Morgan fingerprint density at radius 1 is 0.952 bits per heavy atom. The lowest BCUT2D eigenvalue weighted by Gasteiger charge is -2.12. The average Bonchev–Trinajstić information content (AvgIpc) is 2.46. The van der Waals surface area contributed by atoms with Crippen LogP contribution in [0.3, 0.4) is 0 Å². The fourth-order valence-electron chi connectivity index (χ4n) is 1.51. The minimum atomic E-state index is -1.24. The maximum atomic E-state index is 11.8. The van der Waals surface area contributed by atoms with Crippen molar-refractivity contribution in [2.24, 2.45) is 4.40 Å². The molecule has 0 aliphatic rings. The molecule has 3 nitrogen and oxygen atoms in total. The van der Waals surface area contributed by atoms with E-state index in [1.807, 2.05) is 75.4 Å². The van der Waals surface area contributed by atoms with Crippen LogP contribution in [0.1, 0.15) is 26.3 Å². The predicted octanol–water partition coefficient (Wildman–Crippen LogP) is 4.36. The van der Waals surface area contributed by atoms with E-state index in [2.05, 4.69) is 4.40 Å². The molecule has 0 heterocycles. The standard InChI is InChI=1S/C17H19NO2S/c1-17(2,3)21(19)18-13-14-9-11-16(12-10-14)20-15-7-5-4-6-8-15/h4-13H,1-3H3/t21-/m1/s1. The van der Waals surface area contributed by atoms with Crippen LogP contribution in [0.5, 0.6) is 11.5 Å². The van der Waals surface area contributed by atoms with Gasteiger partial charge in [-0.1, -0.05) is 18.2 Å². The Morgan fingerprint density at radius 2 is 1.52 bits per heavy atom. The highest BCUT2D eigenvalue weighted by Gasteiger charge is 2.17. The molecular weight excluding hydrogens is 282 g/mol. The zero-order valence-corrected chi connectivity index (χ0v) is 13.3. The largest absolute Gasteiger partial charge is 0.457 e. The SMILES string of the molecule is CC(C)(C)[S@@](=O)N=Cc1ccc(Oc2ccccc2)cc1. The van der Waals surface area contributed by atoms with Gasteiger partial charge >= 0.3 is 0 Å². The van der Waals surface area contributed by atoms with Gasteiger partial charge < -0.3 is 4.74 Å². The van der Waals surface area contributed by atoms with Crippen LogP contribution >= 0.6 is 0 Å². The fraction of sp³-hybridized carbons (Fsp3) is 0.235. The molecule has 2 aromatic rings. The number of para-hydroxylation sites is 1. The van der Waals surface area contributed by atoms with Crippen molar-refractivity contribution in [2.45, 2.75) is 25.5 Å². The van der Waals surface area contributed by atoms with Crippen molar-refractivity contribution in [3.8, 4) is 11.5 Å². The maximum Gasteiger partial charge on any atom is 0.144 e. The second-order valence-electron chi connectivity index (χ2n) is 5.58. The Kier molecular flexibility index (Phi) is 4.91. The lowest BCUT2D eigenvalue weighted by molar-refractivity contribution is 0.482. The molecule has 1 atom stereocenters. The van der Waals surface area contributed by atoms with Gasteiger partial charge in [0.15, 0.2) is 0 Å². The first-order valence-corrected chi connectivity index (χ1v) is 7.85. The summed E-state index contributed by atoms with van der Waals surface area (Å²) in [4.78, 5) is 0. The highest BCUT2D eigenvalue weighted by molar-refractivity contribution is 7.85. The van der Waals surface area contributed by atoms with Crippen molar-refractivity contribution in [3.63, 3.8) is 0 Å². The second kappa shape index (κ2) is 6.68. The monoisotopic (exact) mass is 301 g/mol. The Morgan fingerprint density at radius 3 is 2.10 bits per heavy atom. The molecule has 0 saturated carbocycles. The normalized spacial score (nSPS) is 13.3. The number of nitrogens with zero attached hydrogens (tertiary/aromatic N) is 1. The summed E-state index contributed by atoms with van der Waals surface area (Å²) >= 11 is 0. The van der Waals surface area contributed by atoms with E-state index in [0.29, 0.717) is 0 Å². The molecule has 0 saturated heterocycles. The van der Waals surface area contributed by atoms with Gasteiger partial charge in [-0.2, -0.15) is 4.40 Å². The van der Waals surface area contributed by atoms with Gasteiger partial charge in [0.2, 0.25) is 0 Å². The number of benzene rings is 2. The van der Waals surface area contributed by atoms with E-state index >= 15 is 0 Å². The molecule has 0 fully saturated rings. The molecule has 0 unspecified atom stereocenters. The summed E-state index contributed by atoms with van der Waals surface area (Å²) in [5.41, 5.74) is 0.896. The zero-order chi connectivity index (χ0) is 15.3. The molecule has 0 amide bonds. The number of rotatable bonds is 4. The Balaban J connectivity index is 2.03. The number of hydrogen-bond acceptors (Lipinski definition) is 2. The topological polar surface area (TPSA) is 38.7 Å². The van der Waals surface area contributed by atoms with Crippen LogP contribution in [0.15, 0.2) is 59.0 Å². The Hall–Kier alpha value is -1.94. The van der Waals surface area contributed by atoms with Gasteiger partial charge in [0.1, 0.15) is 22.5 Å². The molecule has 0 aromatic heterocycles. The molecule has 0 spiro atoms. The molecule has 0 N–H and O–H groups in total. The minimum Gasteiger partial charge on any atom is -0.457 e. The summed E-state index contributed by atoms with van der Waals surface area (Å²) in [5.74, 6) is 1.56. The summed E-state index contributed by atoms with van der Waals surface area (Å²) in [5, 5.41) is 0. The molecule has 0 bridgehead atoms. The van der Waals surface area contributed by atoms with E-state index < -0.39 is 11.0 Å². The van der Waals surface area contributed by atoms with Crippen LogP contribution in [-0.4, -0.2) is 15.2 Å². The minimum absolute atomic E-state index is 0.340. The smallest absolute Gasteiger partial charge is 0.144 e. The van der Waals surface area contributed by atoms with Gasteiger partial charge in [0.05, 0.1) is 4.75 Å². The van der Waals surface area contributed by atoms with E-state index in [-0.39, 0.29) is 4.75 Å². The predicted molar refractivity (Wildman–Crippen MR) is 88.4 cm³/mol.